The largest absolute Gasteiger partial charge is 0.363 e. The lowest BCUT2D eigenvalue weighted by Gasteiger charge is -2.25. The lowest BCUT2D eigenvalue weighted by Crippen LogP contribution is -2.31. The van der Waals surface area contributed by atoms with Crippen LogP contribution in [0.25, 0.3) is 5.65 Å². The highest BCUT2D eigenvalue weighted by molar-refractivity contribution is 5.80. The first-order chi connectivity index (χ1) is 12.1. The van der Waals surface area contributed by atoms with Gasteiger partial charge in [0.25, 0.3) is 0 Å². The first-order valence-electron chi connectivity index (χ1n) is 8.30. The molecule has 0 saturated carbocycles. The van der Waals surface area contributed by atoms with Gasteiger partial charge < -0.3 is 10.2 Å². The molecule has 130 valence electrons. The predicted molar refractivity (Wildman–Crippen MR) is 90.9 cm³/mol. The normalized spacial score (nSPS) is 20.6. The summed E-state index contributed by atoms with van der Waals surface area (Å²) in [6.45, 7) is 2.02. The lowest BCUT2D eigenvalue weighted by atomic mass is 10.1. The fourth-order valence-electron chi connectivity index (χ4n) is 3.40. The van der Waals surface area contributed by atoms with Crippen molar-refractivity contribution in [3.05, 3.63) is 35.9 Å². The van der Waals surface area contributed by atoms with Gasteiger partial charge in [-0.25, -0.2) is 0 Å². The Kier molecular flexibility index (Phi) is 3.63. The molecule has 9 heteroatoms. The maximum Gasteiger partial charge on any atom is 0.225 e. The number of hydrogen-bond acceptors (Lipinski definition) is 6. The second kappa shape index (κ2) is 5.83. The second-order valence-electron chi connectivity index (χ2n) is 6.24. The molecule has 3 aromatic rings. The van der Waals surface area contributed by atoms with E-state index in [-0.39, 0.29) is 18.0 Å². The molecule has 1 aliphatic heterocycles. The standard InChI is InChI=1S/C16H20N8O/c1-4-13-19-20-14-6-5-12(21-24(13)14)18-10-9-15(25)22(2)16(10)11-7-8-17-23(11)3/h5-8,10,16H,4,9H2,1-3H3,(H,18,21)/t10-,16-/m1/s1. The van der Waals surface area contributed by atoms with E-state index in [1.807, 2.05) is 39.2 Å². The van der Waals surface area contributed by atoms with E-state index in [0.717, 1.165) is 17.9 Å². The third-order valence-corrected chi connectivity index (χ3v) is 4.73. The van der Waals surface area contributed by atoms with Gasteiger partial charge in [-0.2, -0.15) is 9.61 Å². The van der Waals surface area contributed by atoms with E-state index in [4.69, 9.17) is 0 Å². The van der Waals surface area contributed by atoms with Crippen LogP contribution in [-0.2, 0) is 18.3 Å². The van der Waals surface area contributed by atoms with Gasteiger partial charge in [0.1, 0.15) is 5.82 Å². The predicted octanol–water partition coefficient (Wildman–Crippen LogP) is 0.804. The summed E-state index contributed by atoms with van der Waals surface area (Å²) in [7, 11) is 3.71. The summed E-state index contributed by atoms with van der Waals surface area (Å²) in [5.41, 5.74) is 1.70. The van der Waals surface area contributed by atoms with Crippen molar-refractivity contribution in [1.29, 1.82) is 0 Å². The van der Waals surface area contributed by atoms with E-state index in [2.05, 4.69) is 25.7 Å². The summed E-state index contributed by atoms with van der Waals surface area (Å²) in [5.74, 6) is 1.60. The number of hydrogen-bond donors (Lipinski definition) is 1. The number of carbonyl (C=O) groups excluding carboxylic acids is 1. The Hall–Kier alpha value is -2.97. The molecule has 4 rings (SSSR count). The number of rotatable bonds is 4. The van der Waals surface area contributed by atoms with Gasteiger partial charge >= 0.3 is 0 Å². The molecule has 3 aromatic heterocycles. The Morgan fingerprint density at radius 2 is 2.08 bits per heavy atom. The maximum atomic E-state index is 12.3. The smallest absolute Gasteiger partial charge is 0.225 e. The highest BCUT2D eigenvalue weighted by Gasteiger charge is 2.40. The molecule has 1 aliphatic rings. The van der Waals surface area contributed by atoms with Crippen molar-refractivity contribution in [3.63, 3.8) is 0 Å². The Bertz CT molecular complexity index is 929. The number of nitrogens with zero attached hydrogens (tertiary/aromatic N) is 7. The summed E-state index contributed by atoms with van der Waals surface area (Å²) < 4.78 is 3.54. The zero-order chi connectivity index (χ0) is 17.6. The molecule has 0 unspecified atom stereocenters. The molecule has 1 fully saturated rings. The van der Waals surface area contributed by atoms with Crippen molar-refractivity contribution < 1.29 is 4.79 Å². The first-order valence-corrected chi connectivity index (χ1v) is 8.30. The summed E-state index contributed by atoms with van der Waals surface area (Å²) in [6.07, 6.45) is 2.91. The number of anilines is 1. The second-order valence-corrected chi connectivity index (χ2v) is 6.24. The Morgan fingerprint density at radius 1 is 1.24 bits per heavy atom. The average molecular weight is 340 g/mol. The van der Waals surface area contributed by atoms with Gasteiger partial charge in [-0.15, -0.1) is 15.3 Å². The molecule has 1 amide bonds. The summed E-state index contributed by atoms with van der Waals surface area (Å²) in [6, 6.07) is 5.51. The summed E-state index contributed by atoms with van der Waals surface area (Å²) in [4.78, 5) is 14.0. The Morgan fingerprint density at radius 3 is 2.80 bits per heavy atom. The van der Waals surface area contributed by atoms with E-state index < -0.39 is 0 Å². The highest BCUT2D eigenvalue weighted by Crippen LogP contribution is 2.33. The fraction of sp³-hybridized carbons (Fsp3) is 0.438. The van der Waals surface area contributed by atoms with Crippen LogP contribution >= 0.6 is 0 Å². The Balaban J connectivity index is 1.66. The zero-order valence-electron chi connectivity index (χ0n) is 14.4. The van der Waals surface area contributed by atoms with Gasteiger partial charge in [0.15, 0.2) is 11.5 Å². The van der Waals surface area contributed by atoms with E-state index in [9.17, 15) is 4.79 Å². The number of nitrogens with one attached hydrogen (secondary N) is 1. The minimum Gasteiger partial charge on any atom is -0.363 e. The molecule has 25 heavy (non-hydrogen) atoms. The van der Waals surface area contributed by atoms with Crippen molar-refractivity contribution in [2.75, 3.05) is 12.4 Å². The third kappa shape index (κ3) is 2.51. The minimum absolute atomic E-state index is 0.0839. The molecule has 4 heterocycles. The van der Waals surface area contributed by atoms with Crippen LogP contribution in [0.2, 0.25) is 0 Å². The molecule has 0 aliphatic carbocycles. The molecule has 0 radical (unpaired) electrons. The van der Waals surface area contributed by atoms with Crippen molar-refractivity contribution in [2.45, 2.75) is 31.8 Å². The molecule has 1 saturated heterocycles. The molecular formula is C16H20N8O. The lowest BCUT2D eigenvalue weighted by molar-refractivity contribution is -0.127. The monoisotopic (exact) mass is 340 g/mol. The molecule has 0 spiro atoms. The van der Waals surface area contributed by atoms with Crippen molar-refractivity contribution >= 4 is 17.4 Å². The summed E-state index contributed by atoms with van der Waals surface area (Å²) in [5, 5.41) is 20.5. The van der Waals surface area contributed by atoms with Gasteiger partial charge in [0.2, 0.25) is 5.91 Å². The topological polar surface area (TPSA) is 93.2 Å². The fourth-order valence-corrected chi connectivity index (χ4v) is 3.40. The third-order valence-electron chi connectivity index (χ3n) is 4.73. The van der Waals surface area contributed by atoms with Gasteiger partial charge in [0.05, 0.1) is 17.8 Å². The van der Waals surface area contributed by atoms with E-state index >= 15 is 0 Å². The average Bonchev–Trinajstić information content (AvgIpc) is 3.27. The van der Waals surface area contributed by atoms with Crippen LogP contribution in [0.15, 0.2) is 24.4 Å². The minimum atomic E-state index is -0.0935. The Labute approximate surface area is 144 Å². The first kappa shape index (κ1) is 15.6. The quantitative estimate of drug-likeness (QED) is 0.755. The van der Waals surface area contributed by atoms with Crippen molar-refractivity contribution in [3.8, 4) is 0 Å². The van der Waals surface area contributed by atoms with Crippen LogP contribution in [0.1, 0.15) is 30.9 Å². The van der Waals surface area contributed by atoms with Crippen LogP contribution in [0.3, 0.4) is 0 Å². The number of amides is 1. The van der Waals surface area contributed by atoms with Gasteiger partial charge in [0, 0.05) is 33.1 Å². The van der Waals surface area contributed by atoms with E-state index in [1.54, 1.807) is 20.3 Å². The highest BCUT2D eigenvalue weighted by atomic mass is 16.2. The number of likely N-dealkylation sites (N-methyl/N-ethyl adjacent to an activating group) is 1. The molecule has 9 nitrogen and oxygen atoms in total. The van der Waals surface area contributed by atoms with Crippen molar-refractivity contribution in [1.82, 2.24) is 34.5 Å². The van der Waals surface area contributed by atoms with Crippen LogP contribution in [0, 0.1) is 0 Å². The summed E-state index contributed by atoms with van der Waals surface area (Å²) >= 11 is 0. The van der Waals surface area contributed by atoms with Crippen LogP contribution in [0.4, 0.5) is 5.82 Å². The van der Waals surface area contributed by atoms with E-state index in [1.165, 1.54) is 0 Å². The van der Waals surface area contributed by atoms with Crippen molar-refractivity contribution in [2.24, 2.45) is 7.05 Å². The van der Waals surface area contributed by atoms with Crippen LogP contribution in [-0.4, -0.2) is 53.5 Å². The van der Waals surface area contributed by atoms with Gasteiger partial charge in [-0.1, -0.05) is 6.92 Å². The van der Waals surface area contributed by atoms with Crippen LogP contribution < -0.4 is 5.32 Å². The zero-order valence-corrected chi connectivity index (χ0v) is 14.4. The van der Waals surface area contributed by atoms with E-state index in [0.29, 0.717) is 17.9 Å². The number of carbonyl (C=O) groups is 1. The number of aryl methyl sites for hydroxylation is 2. The molecule has 1 N–H and O–H groups in total. The molecule has 0 bridgehead atoms. The molecular weight excluding hydrogens is 320 g/mol. The van der Waals surface area contributed by atoms with Gasteiger partial charge in [-0.3, -0.25) is 9.48 Å². The maximum absolute atomic E-state index is 12.3. The number of likely N-dealkylation sites (tertiary alicyclic amines) is 1. The van der Waals surface area contributed by atoms with Gasteiger partial charge in [-0.05, 0) is 18.2 Å². The molecule has 2 atom stereocenters. The SMILES string of the molecule is CCc1nnc2ccc(N[C@@H]3CC(=O)N(C)[C@H]3c3ccnn3C)nn12. The number of fused-ring (bicyclic) bond motifs is 1. The molecule has 0 aromatic carbocycles. The number of aromatic nitrogens is 6. The van der Waals surface area contributed by atoms with Crippen LogP contribution in [0.5, 0.6) is 0 Å².